The molecule has 2 fully saturated rings. The minimum atomic E-state index is -3.23. The van der Waals surface area contributed by atoms with Gasteiger partial charge in [0.15, 0.2) is 9.84 Å². The largest absolute Gasteiger partial charge is 0.331 e. The van der Waals surface area contributed by atoms with E-state index in [0.29, 0.717) is 50.4 Å². The molecule has 2 aliphatic rings. The first-order chi connectivity index (χ1) is 18.1. The van der Waals surface area contributed by atoms with Crippen LogP contribution in [0.4, 0.5) is 0 Å². The fourth-order valence-corrected chi connectivity index (χ4v) is 6.70. The van der Waals surface area contributed by atoms with Crippen molar-refractivity contribution in [1.29, 1.82) is 0 Å². The van der Waals surface area contributed by atoms with Crippen molar-refractivity contribution in [3.8, 4) is 0 Å². The Morgan fingerprint density at radius 3 is 2.32 bits per heavy atom. The zero-order chi connectivity index (χ0) is 27.4. The topological polar surface area (TPSA) is 122 Å². The third-order valence-electron chi connectivity index (χ3n) is 7.31. The van der Waals surface area contributed by atoms with Gasteiger partial charge in [-0.05, 0) is 49.2 Å². The summed E-state index contributed by atoms with van der Waals surface area (Å²) in [7, 11) is -3.23. The maximum atomic E-state index is 13.6. The van der Waals surface area contributed by atoms with E-state index in [-0.39, 0.29) is 18.0 Å². The second kappa shape index (κ2) is 11.9. The first-order valence-electron chi connectivity index (χ1n) is 12.9. The maximum absolute atomic E-state index is 13.6. The van der Waals surface area contributed by atoms with E-state index in [1.54, 1.807) is 17.6 Å². The van der Waals surface area contributed by atoms with Crippen LogP contribution in [0.2, 0.25) is 0 Å². The number of hydrogen-bond acceptors (Lipinski definition) is 8. The summed E-state index contributed by atoms with van der Waals surface area (Å²) in [6.45, 7) is 8.45. The highest BCUT2D eigenvalue weighted by atomic mass is 32.2. The van der Waals surface area contributed by atoms with Crippen molar-refractivity contribution < 1.29 is 23.2 Å². The van der Waals surface area contributed by atoms with Crippen LogP contribution in [0, 0.1) is 0 Å². The minimum absolute atomic E-state index is 0.00266. The van der Waals surface area contributed by atoms with E-state index in [9.17, 15) is 18.0 Å². The van der Waals surface area contributed by atoms with Crippen LogP contribution >= 0.6 is 0 Å². The van der Waals surface area contributed by atoms with Crippen LogP contribution in [0.5, 0.6) is 0 Å². The van der Waals surface area contributed by atoms with E-state index >= 15 is 0 Å². The van der Waals surface area contributed by atoms with E-state index in [0.717, 1.165) is 17.7 Å². The standard InChI is InChI=1S/C27H37N5O5S/c1-19-15-30(17-21-7-9-23(10-8-21)26(33)29-35)16-20(2)32(19)27(34)24-6-4-5-22(13-24)18-31-12-11-28-14-25(31)38(3,36)37/h4-10,13,19-20,25,28,35H,11-12,14-18H2,1-3H3,(H,29,33)/t19-,20+,25?. The molecule has 2 saturated heterocycles. The van der Waals surface area contributed by atoms with Gasteiger partial charge >= 0.3 is 0 Å². The molecule has 2 amide bonds. The van der Waals surface area contributed by atoms with Crippen LogP contribution in [-0.2, 0) is 22.9 Å². The molecule has 0 saturated carbocycles. The number of nitrogens with one attached hydrogen (secondary N) is 2. The molecule has 2 heterocycles. The SMILES string of the molecule is C[C@@H]1CN(Cc2ccc(C(=O)NO)cc2)C[C@H](C)N1C(=O)c1cccc(CN2CCNCC2S(C)(=O)=O)c1. The molecular formula is C27H37N5O5S. The number of carbonyl (C=O) groups excluding carboxylic acids is 2. The smallest absolute Gasteiger partial charge is 0.274 e. The molecule has 2 aliphatic heterocycles. The lowest BCUT2D eigenvalue weighted by Crippen LogP contribution is -2.58. The molecule has 206 valence electrons. The van der Waals surface area contributed by atoms with Crippen LogP contribution in [-0.4, -0.2) is 96.6 Å². The zero-order valence-electron chi connectivity index (χ0n) is 22.1. The quantitative estimate of drug-likeness (QED) is 0.353. The summed E-state index contributed by atoms with van der Waals surface area (Å²) >= 11 is 0. The molecule has 0 spiro atoms. The van der Waals surface area contributed by atoms with E-state index in [2.05, 4.69) is 24.1 Å². The van der Waals surface area contributed by atoms with Gasteiger partial charge in [0, 0.05) is 75.3 Å². The van der Waals surface area contributed by atoms with Gasteiger partial charge in [-0.1, -0.05) is 24.3 Å². The van der Waals surface area contributed by atoms with Crippen LogP contribution in [0.15, 0.2) is 48.5 Å². The number of nitrogens with zero attached hydrogens (tertiary/aromatic N) is 3. The van der Waals surface area contributed by atoms with Gasteiger partial charge in [0.2, 0.25) is 0 Å². The predicted octanol–water partition coefficient (Wildman–Crippen LogP) is 1.32. The molecule has 38 heavy (non-hydrogen) atoms. The van der Waals surface area contributed by atoms with Crippen molar-refractivity contribution in [2.45, 2.75) is 44.4 Å². The molecule has 2 aromatic carbocycles. The fourth-order valence-electron chi connectivity index (χ4n) is 5.56. The lowest BCUT2D eigenvalue weighted by molar-refractivity contribution is 0.0268. The zero-order valence-corrected chi connectivity index (χ0v) is 22.9. The molecule has 3 N–H and O–H groups in total. The van der Waals surface area contributed by atoms with Crippen molar-refractivity contribution in [1.82, 2.24) is 25.5 Å². The van der Waals surface area contributed by atoms with Gasteiger partial charge in [0.25, 0.3) is 11.8 Å². The third kappa shape index (κ3) is 6.59. The first kappa shape index (κ1) is 28.2. The number of hydrogen-bond donors (Lipinski definition) is 3. The van der Waals surface area contributed by atoms with Gasteiger partial charge in [-0.25, -0.2) is 13.9 Å². The molecule has 11 heteroatoms. The molecule has 0 bridgehead atoms. The summed E-state index contributed by atoms with van der Waals surface area (Å²) in [5.74, 6) is -0.566. The Balaban J connectivity index is 1.41. The summed E-state index contributed by atoms with van der Waals surface area (Å²) < 4.78 is 24.5. The first-order valence-corrected chi connectivity index (χ1v) is 14.8. The van der Waals surface area contributed by atoms with Gasteiger partial charge in [0.05, 0.1) is 0 Å². The fraction of sp³-hybridized carbons (Fsp3) is 0.481. The lowest BCUT2D eigenvalue weighted by Gasteiger charge is -2.44. The number of amides is 2. The Bertz CT molecular complexity index is 1240. The molecule has 4 rings (SSSR count). The van der Waals surface area contributed by atoms with Crippen LogP contribution in [0.3, 0.4) is 0 Å². The van der Waals surface area contributed by atoms with Gasteiger partial charge in [-0.3, -0.25) is 24.6 Å². The highest BCUT2D eigenvalue weighted by Gasteiger charge is 2.34. The number of sulfone groups is 1. The molecule has 0 aromatic heterocycles. The van der Waals surface area contributed by atoms with Crippen molar-refractivity contribution in [3.05, 3.63) is 70.8 Å². The predicted molar refractivity (Wildman–Crippen MR) is 144 cm³/mol. The Morgan fingerprint density at radius 1 is 1.00 bits per heavy atom. The van der Waals surface area contributed by atoms with E-state index < -0.39 is 21.1 Å². The number of hydroxylamine groups is 1. The second-order valence-electron chi connectivity index (χ2n) is 10.4. The van der Waals surface area contributed by atoms with E-state index in [4.69, 9.17) is 5.21 Å². The van der Waals surface area contributed by atoms with Crippen LogP contribution in [0.1, 0.15) is 45.7 Å². The molecule has 0 aliphatic carbocycles. The van der Waals surface area contributed by atoms with Crippen LogP contribution < -0.4 is 10.8 Å². The molecule has 0 radical (unpaired) electrons. The summed E-state index contributed by atoms with van der Waals surface area (Å²) in [4.78, 5) is 31.4. The van der Waals surface area contributed by atoms with Gasteiger partial charge in [0.1, 0.15) is 5.37 Å². The lowest BCUT2D eigenvalue weighted by atomic mass is 10.0. The number of rotatable bonds is 7. The monoisotopic (exact) mass is 543 g/mol. The van der Waals surface area contributed by atoms with Gasteiger partial charge in [-0.15, -0.1) is 0 Å². The Morgan fingerprint density at radius 2 is 1.68 bits per heavy atom. The van der Waals surface area contributed by atoms with Gasteiger partial charge < -0.3 is 10.2 Å². The highest BCUT2D eigenvalue weighted by molar-refractivity contribution is 7.91. The Hall–Kier alpha value is -2.83. The Kier molecular flexibility index (Phi) is 8.84. The molecule has 2 aromatic rings. The average Bonchev–Trinajstić information content (AvgIpc) is 2.88. The van der Waals surface area contributed by atoms with Crippen molar-refractivity contribution in [2.24, 2.45) is 0 Å². The molecule has 3 atom stereocenters. The Labute approximate surface area is 224 Å². The van der Waals surface area contributed by atoms with Crippen molar-refractivity contribution in [3.63, 3.8) is 0 Å². The second-order valence-corrected chi connectivity index (χ2v) is 12.6. The number of piperazine rings is 2. The summed E-state index contributed by atoms with van der Waals surface area (Å²) in [5.41, 5.74) is 4.60. The maximum Gasteiger partial charge on any atom is 0.274 e. The number of carbonyl (C=O) groups is 2. The van der Waals surface area contributed by atoms with E-state index in [1.807, 2.05) is 46.2 Å². The third-order valence-corrected chi connectivity index (χ3v) is 8.76. The molecule has 1 unspecified atom stereocenters. The normalized spacial score (nSPS) is 23.3. The summed E-state index contributed by atoms with van der Waals surface area (Å²) in [6, 6.07) is 14.6. The van der Waals surface area contributed by atoms with Crippen molar-refractivity contribution >= 4 is 21.7 Å². The van der Waals surface area contributed by atoms with E-state index in [1.165, 1.54) is 6.26 Å². The molecule has 10 nitrogen and oxygen atoms in total. The molecular weight excluding hydrogens is 506 g/mol. The summed E-state index contributed by atoms with van der Waals surface area (Å²) in [5, 5.41) is 11.4. The van der Waals surface area contributed by atoms with Crippen molar-refractivity contribution in [2.75, 3.05) is 39.0 Å². The average molecular weight is 544 g/mol. The number of benzene rings is 2. The highest BCUT2D eigenvalue weighted by Crippen LogP contribution is 2.22. The minimum Gasteiger partial charge on any atom is -0.331 e. The van der Waals surface area contributed by atoms with Gasteiger partial charge in [-0.2, -0.15) is 0 Å². The van der Waals surface area contributed by atoms with Crippen LogP contribution in [0.25, 0.3) is 0 Å². The summed E-state index contributed by atoms with van der Waals surface area (Å²) in [6.07, 6.45) is 1.27.